The quantitative estimate of drug-likeness (QED) is 0.313. The molecule has 3 aromatic carbocycles. The van der Waals surface area contributed by atoms with Crippen molar-refractivity contribution in [2.45, 2.75) is 25.0 Å². The summed E-state index contributed by atoms with van der Waals surface area (Å²) in [6.07, 6.45) is 0. The molecule has 1 amide bonds. The number of hydrogen-bond donors (Lipinski definition) is 2. The number of thioether (sulfide) groups is 1. The zero-order valence-electron chi connectivity index (χ0n) is 19.8. The molecule has 2 N–H and O–H groups in total. The van der Waals surface area contributed by atoms with Gasteiger partial charge in [-0.2, -0.15) is 0 Å². The number of H-pyrrole nitrogens is 1. The van der Waals surface area contributed by atoms with Crippen LogP contribution in [0.25, 0.3) is 39.0 Å². The van der Waals surface area contributed by atoms with Crippen molar-refractivity contribution in [2.24, 2.45) is 0 Å². The number of nitrogens with one attached hydrogen (secondary N) is 2. The Morgan fingerprint density at radius 2 is 1.72 bits per heavy atom. The lowest BCUT2D eigenvalue weighted by Crippen LogP contribution is -2.28. The SMILES string of the molecule is Cc1ccc(-c2nc3ccccc3c3nnc(SCC(=O)N[C@@H](C)c4nc5ccccc5[nH]4)n23)cc1. The Labute approximate surface area is 211 Å². The molecule has 0 bridgehead atoms. The fourth-order valence-corrected chi connectivity index (χ4v) is 4.95. The van der Waals surface area contributed by atoms with Crippen LogP contribution in [0.4, 0.5) is 0 Å². The lowest BCUT2D eigenvalue weighted by atomic mass is 10.1. The van der Waals surface area contributed by atoms with Gasteiger partial charge in [0.2, 0.25) is 5.91 Å². The van der Waals surface area contributed by atoms with Crippen molar-refractivity contribution in [2.75, 3.05) is 5.75 Å². The summed E-state index contributed by atoms with van der Waals surface area (Å²) in [6.45, 7) is 3.97. The van der Waals surface area contributed by atoms with Gasteiger partial charge in [0.1, 0.15) is 11.6 Å². The summed E-state index contributed by atoms with van der Waals surface area (Å²) in [5.41, 5.74) is 5.52. The second-order valence-corrected chi connectivity index (χ2v) is 9.62. The first-order valence-corrected chi connectivity index (χ1v) is 12.6. The summed E-state index contributed by atoms with van der Waals surface area (Å²) in [5.74, 6) is 1.54. The molecule has 6 rings (SSSR count). The van der Waals surface area contributed by atoms with Gasteiger partial charge in [-0.1, -0.05) is 65.9 Å². The largest absolute Gasteiger partial charge is 0.346 e. The Morgan fingerprint density at radius 1 is 0.972 bits per heavy atom. The third-order valence-corrected chi connectivity index (χ3v) is 6.98. The van der Waals surface area contributed by atoms with Crippen LogP contribution in [0, 0.1) is 6.92 Å². The highest BCUT2D eigenvalue weighted by Crippen LogP contribution is 2.29. The molecule has 0 aliphatic rings. The fourth-order valence-electron chi connectivity index (χ4n) is 4.21. The summed E-state index contributed by atoms with van der Waals surface area (Å²) in [4.78, 5) is 25.6. The summed E-state index contributed by atoms with van der Waals surface area (Å²) in [5, 5.41) is 13.4. The highest BCUT2D eigenvalue weighted by molar-refractivity contribution is 7.99. The number of imidazole rings is 1. The molecule has 0 fully saturated rings. The summed E-state index contributed by atoms with van der Waals surface area (Å²) >= 11 is 1.33. The van der Waals surface area contributed by atoms with E-state index in [1.165, 1.54) is 17.3 Å². The van der Waals surface area contributed by atoms with E-state index in [-0.39, 0.29) is 17.7 Å². The zero-order chi connectivity index (χ0) is 24.6. The number of amides is 1. The van der Waals surface area contributed by atoms with Gasteiger partial charge in [-0.05, 0) is 38.1 Å². The minimum Gasteiger partial charge on any atom is -0.346 e. The van der Waals surface area contributed by atoms with Gasteiger partial charge >= 0.3 is 0 Å². The average molecular weight is 494 g/mol. The lowest BCUT2D eigenvalue weighted by Gasteiger charge is -2.12. The molecule has 1 atom stereocenters. The monoisotopic (exact) mass is 493 g/mol. The minimum absolute atomic E-state index is 0.115. The maximum absolute atomic E-state index is 12.8. The van der Waals surface area contributed by atoms with Crippen molar-refractivity contribution in [3.63, 3.8) is 0 Å². The molecule has 0 aliphatic heterocycles. The van der Waals surface area contributed by atoms with Gasteiger partial charge < -0.3 is 10.3 Å². The molecule has 36 heavy (non-hydrogen) atoms. The first-order chi connectivity index (χ1) is 17.6. The Morgan fingerprint density at radius 3 is 2.53 bits per heavy atom. The van der Waals surface area contributed by atoms with E-state index in [9.17, 15) is 4.79 Å². The van der Waals surface area contributed by atoms with Gasteiger partial charge in [0.05, 0.1) is 28.3 Å². The average Bonchev–Trinajstić information content (AvgIpc) is 3.52. The molecule has 178 valence electrons. The number of hydrogen-bond acceptors (Lipinski definition) is 6. The fraction of sp³-hybridized carbons (Fsp3) is 0.148. The van der Waals surface area contributed by atoms with Gasteiger partial charge in [-0.3, -0.25) is 9.20 Å². The van der Waals surface area contributed by atoms with Gasteiger partial charge in [0.25, 0.3) is 0 Å². The molecule has 8 nitrogen and oxygen atoms in total. The Kier molecular flexibility index (Phi) is 5.61. The number of rotatable bonds is 6. The van der Waals surface area contributed by atoms with Crippen molar-refractivity contribution in [3.05, 3.63) is 84.2 Å². The van der Waals surface area contributed by atoms with E-state index in [1.54, 1.807) is 0 Å². The van der Waals surface area contributed by atoms with E-state index in [2.05, 4.69) is 44.5 Å². The van der Waals surface area contributed by atoms with Gasteiger partial charge in [0, 0.05) is 10.9 Å². The van der Waals surface area contributed by atoms with Crippen LogP contribution in [-0.4, -0.2) is 41.2 Å². The molecular formula is C27H23N7OS. The maximum Gasteiger partial charge on any atom is 0.231 e. The summed E-state index contributed by atoms with van der Waals surface area (Å²) < 4.78 is 1.94. The maximum atomic E-state index is 12.8. The molecule has 9 heteroatoms. The van der Waals surface area contributed by atoms with Crippen LogP contribution < -0.4 is 5.32 Å². The number of para-hydroxylation sites is 3. The Hall–Kier alpha value is -4.24. The van der Waals surface area contributed by atoms with Gasteiger partial charge in [-0.25, -0.2) is 9.97 Å². The third kappa shape index (κ3) is 4.07. The minimum atomic E-state index is -0.255. The third-order valence-electron chi connectivity index (χ3n) is 6.05. The number of aromatic nitrogens is 6. The van der Waals surface area contributed by atoms with Gasteiger partial charge in [-0.15, -0.1) is 10.2 Å². The smallest absolute Gasteiger partial charge is 0.231 e. The molecule has 6 aromatic rings. The highest BCUT2D eigenvalue weighted by Gasteiger charge is 2.19. The molecule has 0 saturated heterocycles. The Balaban J connectivity index is 1.28. The van der Waals surface area contributed by atoms with Crippen molar-refractivity contribution in [1.82, 2.24) is 34.9 Å². The van der Waals surface area contributed by atoms with Crippen molar-refractivity contribution in [1.29, 1.82) is 0 Å². The van der Waals surface area contributed by atoms with E-state index < -0.39 is 0 Å². The number of nitrogens with zero attached hydrogens (tertiary/aromatic N) is 5. The Bertz CT molecular complexity index is 1690. The molecule has 0 spiro atoms. The topological polar surface area (TPSA) is 101 Å². The predicted molar refractivity (Wildman–Crippen MR) is 142 cm³/mol. The molecule has 0 unspecified atom stereocenters. The molecule has 3 aromatic heterocycles. The van der Waals surface area contributed by atoms with Crippen molar-refractivity contribution >= 4 is 45.3 Å². The van der Waals surface area contributed by atoms with E-state index in [1.807, 2.05) is 72.0 Å². The molecule has 3 heterocycles. The summed E-state index contributed by atoms with van der Waals surface area (Å²) in [7, 11) is 0. The second-order valence-electron chi connectivity index (χ2n) is 8.68. The number of aryl methyl sites for hydroxylation is 1. The van der Waals surface area contributed by atoms with Gasteiger partial charge in [0.15, 0.2) is 10.8 Å². The van der Waals surface area contributed by atoms with Crippen molar-refractivity contribution in [3.8, 4) is 11.4 Å². The number of carbonyl (C=O) groups excluding carboxylic acids is 1. The molecule has 0 radical (unpaired) electrons. The number of carbonyl (C=O) groups is 1. The van der Waals surface area contributed by atoms with E-state index in [0.717, 1.165) is 44.8 Å². The number of aromatic amines is 1. The zero-order valence-corrected chi connectivity index (χ0v) is 20.6. The van der Waals surface area contributed by atoms with Crippen LogP contribution in [0.5, 0.6) is 0 Å². The van der Waals surface area contributed by atoms with Crippen LogP contribution >= 0.6 is 11.8 Å². The first kappa shape index (κ1) is 22.2. The lowest BCUT2D eigenvalue weighted by molar-refractivity contribution is -0.119. The van der Waals surface area contributed by atoms with Crippen LogP contribution in [0.1, 0.15) is 24.4 Å². The standard InChI is InChI=1S/C27H23N7OS/c1-16-11-13-18(14-12-16)25-31-20-8-4-3-7-19(20)26-32-33-27(34(25)26)36-15-23(35)28-17(2)24-29-21-9-5-6-10-22(21)30-24/h3-14,17H,15H2,1-2H3,(H,28,35)(H,29,30)/t17-/m0/s1. The first-order valence-electron chi connectivity index (χ1n) is 11.6. The van der Waals surface area contributed by atoms with Crippen LogP contribution in [0.3, 0.4) is 0 Å². The summed E-state index contributed by atoms with van der Waals surface area (Å²) in [6, 6.07) is 23.6. The van der Waals surface area contributed by atoms with Crippen LogP contribution in [-0.2, 0) is 4.79 Å². The van der Waals surface area contributed by atoms with Crippen molar-refractivity contribution < 1.29 is 4.79 Å². The molecular weight excluding hydrogens is 470 g/mol. The van der Waals surface area contributed by atoms with E-state index >= 15 is 0 Å². The predicted octanol–water partition coefficient (Wildman–Crippen LogP) is 5.10. The second kappa shape index (κ2) is 9.09. The molecule has 0 saturated carbocycles. The van der Waals surface area contributed by atoms with Crippen LogP contribution in [0.2, 0.25) is 0 Å². The number of fused-ring (bicyclic) bond motifs is 4. The van der Waals surface area contributed by atoms with E-state index in [4.69, 9.17) is 4.98 Å². The highest BCUT2D eigenvalue weighted by atomic mass is 32.2. The van der Waals surface area contributed by atoms with Crippen LogP contribution in [0.15, 0.2) is 78.0 Å². The molecule has 0 aliphatic carbocycles. The number of benzene rings is 3. The van der Waals surface area contributed by atoms with E-state index in [0.29, 0.717) is 5.16 Å². The normalized spacial score (nSPS) is 12.4.